The lowest BCUT2D eigenvalue weighted by atomic mass is 9.95. The van der Waals surface area contributed by atoms with Crippen molar-refractivity contribution in [3.63, 3.8) is 0 Å². The summed E-state index contributed by atoms with van der Waals surface area (Å²) in [7, 11) is 0. The maximum Gasteiger partial charge on any atom is 0.416 e. The molecule has 4 rings (SSSR count). The van der Waals surface area contributed by atoms with Crippen molar-refractivity contribution in [3.05, 3.63) is 58.6 Å². The summed E-state index contributed by atoms with van der Waals surface area (Å²) in [5, 5.41) is 0.491. The summed E-state index contributed by atoms with van der Waals surface area (Å²) in [5.74, 6) is -0.165. The topological polar surface area (TPSA) is 23.6 Å². The fourth-order valence-corrected chi connectivity index (χ4v) is 4.09. The molecule has 0 radical (unpaired) electrons. The minimum atomic E-state index is -4.47. The molecule has 2 aliphatic rings. The molecule has 0 bridgehead atoms. The van der Waals surface area contributed by atoms with Gasteiger partial charge in [-0.05, 0) is 49.1 Å². The van der Waals surface area contributed by atoms with Crippen LogP contribution in [0.1, 0.15) is 30.4 Å². The van der Waals surface area contributed by atoms with Gasteiger partial charge in [-0.15, -0.1) is 0 Å². The van der Waals surface area contributed by atoms with Gasteiger partial charge in [0.25, 0.3) is 0 Å². The molecule has 1 atom stereocenters. The van der Waals surface area contributed by atoms with E-state index in [0.717, 1.165) is 25.0 Å². The number of amides is 1. The van der Waals surface area contributed by atoms with Crippen LogP contribution in [-0.2, 0) is 17.5 Å². The highest BCUT2D eigenvalue weighted by Crippen LogP contribution is 2.43. The van der Waals surface area contributed by atoms with Crippen LogP contribution in [0, 0.1) is 0 Å². The van der Waals surface area contributed by atoms with Crippen molar-refractivity contribution < 1.29 is 18.0 Å². The first-order valence-corrected chi connectivity index (χ1v) is 9.27. The van der Waals surface area contributed by atoms with E-state index in [1.165, 1.54) is 11.0 Å². The molecular formula is C20H18ClF3N2O. The molecule has 3 nitrogen and oxygen atoms in total. The van der Waals surface area contributed by atoms with Gasteiger partial charge >= 0.3 is 6.18 Å². The van der Waals surface area contributed by atoms with E-state index in [1.807, 2.05) is 4.90 Å². The molecule has 142 valence electrons. The molecule has 0 saturated carbocycles. The second-order valence-corrected chi connectivity index (χ2v) is 7.33. The third-order valence-corrected chi connectivity index (χ3v) is 5.61. The molecule has 1 amide bonds. The van der Waals surface area contributed by atoms with Crippen LogP contribution in [0.15, 0.2) is 42.5 Å². The standard InChI is InChI=1S/C20H18ClF3N2O/c21-15-6-2-1-5-13(15)12-26-18-11-14(20(22,23)24)8-9-16(18)25-10-4-3-7-17(25)19(26)27/h1-2,5-6,8-9,11,17H,3-4,7,10,12H2. The molecule has 0 N–H and O–H groups in total. The lowest BCUT2D eigenvalue weighted by Gasteiger charge is -2.45. The number of hydrogen-bond acceptors (Lipinski definition) is 2. The highest BCUT2D eigenvalue weighted by molar-refractivity contribution is 6.31. The van der Waals surface area contributed by atoms with E-state index >= 15 is 0 Å². The molecule has 0 spiro atoms. The predicted octanol–water partition coefficient (Wildman–Crippen LogP) is 5.26. The Labute approximate surface area is 160 Å². The number of benzene rings is 2. The molecule has 1 fully saturated rings. The van der Waals surface area contributed by atoms with Gasteiger partial charge in [-0.2, -0.15) is 13.2 Å². The van der Waals surface area contributed by atoms with E-state index in [4.69, 9.17) is 11.6 Å². The molecule has 2 aromatic rings. The smallest absolute Gasteiger partial charge is 0.358 e. The largest absolute Gasteiger partial charge is 0.416 e. The van der Waals surface area contributed by atoms with Crippen LogP contribution >= 0.6 is 11.6 Å². The van der Waals surface area contributed by atoms with Gasteiger partial charge in [0.1, 0.15) is 6.04 Å². The van der Waals surface area contributed by atoms with Gasteiger partial charge in [-0.3, -0.25) is 4.79 Å². The fraction of sp³-hybridized carbons (Fsp3) is 0.350. The van der Waals surface area contributed by atoms with Crippen molar-refractivity contribution in [1.29, 1.82) is 0 Å². The van der Waals surface area contributed by atoms with Gasteiger partial charge in [0, 0.05) is 11.6 Å². The Kier molecular flexibility index (Phi) is 4.54. The van der Waals surface area contributed by atoms with Crippen LogP contribution in [0.2, 0.25) is 5.02 Å². The molecule has 2 aromatic carbocycles. The zero-order chi connectivity index (χ0) is 19.2. The Bertz CT molecular complexity index is 884. The third-order valence-electron chi connectivity index (χ3n) is 5.24. The van der Waals surface area contributed by atoms with Crippen molar-refractivity contribution in [1.82, 2.24) is 0 Å². The summed E-state index contributed by atoms with van der Waals surface area (Å²) in [6.45, 7) is 0.825. The van der Waals surface area contributed by atoms with Gasteiger partial charge < -0.3 is 9.80 Å². The van der Waals surface area contributed by atoms with Crippen molar-refractivity contribution >= 4 is 28.9 Å². The summed E-state index contributed by atoms with van der Waals surface area (Å²) in [4.78, 5) is 16.6. The van der Waals surface area contributed by atoms with Crippen molar-refractivity contribution in [3.8, 4) is 0 Å². The maximum atomic E-state index is 13.3. The van der Waals surface area contributed by atoms with Crippen molar-refractivity contribution in [2.75, 3.05) is 16.3 Å². The van der Waals surface area contributed by atoms with E-state index in [2.05, 4.69) is 0 Å². The number of anilines is 2. The average molecular weight is 395 g/mol. The number of halogens is 4. The first kappa shape index (κ1) is 18.2. The molecule has 0 aromatic heterocycles. The number of hydrogen-bond donors (Lipinski definition) is 0. The van der Waals surface area contributed by atoms with Crippen LogP contribution in [0.3, 0.4) is 0 Å². The van der Waals surface area contributed by atoms with Crippen LogP contribution in [0.4, 0.5) is 24.5 Å². The second-order valence-electron chi connectivity index (χ2n) is 6.92. The second kappa shape index (κ2) is 6.75. The van der Waals surface area contributed by atoms with E-state index < -0.39 is 11.7 Å². The quantitative estimate of drug-likeness (QED) is 0.693. The zero-order valence-electron chi connectivity index (χ0n) is 14.5. The molecule has 27 heavy (non-hydrogen) atoms. The van der Waals surface area contributed by atoms with Crippen LogP contribution in [0.25, 0.3) is 0 Å². The average Bonchev–Trinajstić information content (AvgIpc) is 2.65. The predicted molar refractivity (Wildman–Crippen MR) is 99.1 cm³/mol. The Morgan fingerprint density at radius 3 is 2.59 bits per heavy atom. The van der Waals surface area contributed by atoms with Crippen LogP contribution in [-0.4, -0.2) is 18.5 Å². The molecular weight excluding hydrogens is 377 g/mol. The number of alkyl halides is 3. The Morgan fingerprint density at radius 2 is 1.85 bits per heavy atom. The number of fused-ring (bicyclic) bond motifs is 3. The van der Waals surface area contributed by atoms with Gasteiger partial charge in [0.15, 0.2) is 0 Å². The van der Waals surface area contributed by atoms with Crippen molar-refractivity contribution in [2.24, 2.45) is 0 Å². The van der Waals surface area contributed by atoms with Crippen LogP contribution < -0.4 is 9.80 Å². The molecule has 2 heterocycles. The number of rotatable bonds is 2. The lowest BCUT2D eigenvalue weighted by molar-refractivity contribution is -0.137. The highest BCUT2D eigenvalue weighted by atomic mass is 35.5. The summed E-state index contributed by atoms with van der Waals surface area (Å²) >= 11 is 6.23. The first-order valence-electron chi connectivity index (χ1n) is 8.89. The van der Waals surface area contributed by atoms with E-state index in [1.54, 1.807) is 24.3 Å². The Hall–Kier alpha value is -2.21. The number of carbonyl (C=O) groups excluding carboxylic acids is 1. The summed E-state index contributed by atoms with van der Waals surface area (Å²) in [5.41, 5.74) is 0.932. The number of nitrogens with zero attached hydrogens (tertiary/aromatic N) is 2. The van der Waals surface area contributed by atoms with Crippen molar-refractivity contribution in [2.45, 2.75) is 38.0 Å². The molecule has 1 saturated heterocycles. The van der Waals surface area contributed by atoms with Gasteiger partial charge in [0.2, 0.25) is 5.91 Å². The maximum absolute atomic E-state index is 13.3. The summed E-state index contributed by atoms with van der Waals surface area (Å²) in [6.07, 6.45) is -1.90. The number of carbonyl (C=O) groups is 1. The number of piperidine rings is 1. The van der Waals surface area contributed by atoms with Crippen LogP contribution in [0.5, 0.6) is 0 Å². The Balaban J connectivity index is 1.82. The summed E-state index contributed by atoms with van der Waals surface area (Å²) in [6, 6.07) is 10.4. The monoisotopic (exact) mass is 394 g/mol. The zero-order valence-corrected chi connectivity index (χ0v) is 15.2. The van der Waals surface area contributed by atoms with Gasteiger partial charge in [0.05, 0.1) is 23.5 Å². The molecule has 2 aliphatic heterocycles. The van der Waals surface area contributed by atoms with E-state index in [-0.39, 0.29) is 18.5 Å². The first-order chi connectivity index (χ1) is 12.9. The lowest BCUT2D eigenvalue weighted by Crippen LogP contribution is -2.55. The molecule has 7 heteroatoms. The minimum Gasteiger partial charge on any atom is -0.358 e. The fourth-order valence-electron chi connectivity index (χ4n) is 3.89. The summed E-state index contributed by atoms with van der Waals surface area (Å²) < 4.78 is 39.8. The van der Waals surface area contributed by atoms with Gasteiger partial charge in [-0.25, -0.2) is 0 Å². The van der Waals surface area contributed by atoms with Gasteiger partial charge in [-0.1, -0.05) is 29.8 Å². The molecule has 1 unspecified atom stereocenters. The SMILES string of the molecule is O=C1C2CCCCN2c2ccc(C(F)(F)F)cc2N1Cc1ccccc1Cl. The van der Waals surface area contributed by atoms with E-state index in [9.17, 15) is 18.0 Å². The Morgan fingerprint density at radius 1 is 1.07 bits per heavy atom. The minimum absolute atomic E-state index is 0.150. The van der Waals surface area contributed by atoms with E-state index in [0.29, 0.717) is 34.9 Å². The highest BCUT2D eigenvalue weighted by Gasteiger charge is 2.41. The third kappa shape index (κ3) is 3.27. The normalized spacial score (nSPS) is 19.7. The molecule has 0 aliphatic carbocycles.